The van der Waals surface area contributed by atoms with Crippen LogP contribution >= 0.6 is 0 Å². The van der Waals surface area contributed by atoms with E-state index >= 15 is 0 Å². The van der Waals surface area contributed by atoms with Crippen LogP contribution in [0.1, 0.15) is 0 Å². The zero-order chi connectivity index (χ0) is 11.4. The number of hydrogen-bond donors (Lipinski definition) is 0. The monoisotopic (exact) mass is 209 g/mol. The quantitative estimate of drug-likeness (QED) is 0.683. The van der Waals surface area contributed by atoms with Gasteiger partial charge in [-0.1, -0.05) is 36.4 Å². The summed E-state index contributed by atoms with van der Waals surface area (Å²) in [6, 6.07) is 15.3. The lowest BCUT2D eigenvalue weighted by molar-refractivity contribution is 0.415. The third-order valence-corrected chi connectivity index (χ3v) is 2.41. The maximum Gasteiger partial charge on any atom is 0.194 e. The second-order valence-electron chi connectivity index (χ2n) is 3.36. The van der Waals surface area contributed by atoms with Gasteiger partial charge in [-0.05, 0) is 23.3 Å². The van der Waals surface area contributed by atoms with E-state index in [1.165, 1.54) is 0 Å². The predicted octanol–water partition coefficient (Wildman–Crippen LogP) is 3.91. The average Bonchev–Trinajstić information content (AvgIpc) is 2.38. The highest BCUT2D eigenvalue weighted by molar-refractivity contribution is 5.78. The molecule has 0 aliphatic carbocycles. The number of ether oxygens (including phenoxy) is 1. The lowest BCUT2D eigenvalue weighted by atomic mass is 10.0. The van der Waals surface area contributed by atoms with Gasteiger partial charge in [0.05, 0.1) is 13.7 Å². The van der Waals surface area contributed by atoms with Crippen molar-refractivity contribution in [2.45, 2.75) is 0 Å². The molecule has 0 saturated carbocycles. The highest BCUT2D eigenvalue weighted by Gasteiger charge is 2.04. The van der Waals surface area contributed by atoms with E-state index in [0.29, 0.717) is 5.69 Å². The second-order valence-corrected chi connectivity index (χ2v) is 3.36. The molecule has 2 aromatic carbocycles. The van der Waals surface area contributed by atoms with Gasteiger partial charge in [-0.2, -0.15) is 0 Å². The molecule has 0 aliphatic rings. The number of para-hydroxylation sites is 1. The third-order valence-electron chi connectivity index (χ3n) is 2.41. The Labute approximate surface area is 94.9 Å². The number of benzene rings is 2. The van der Waals surface area contributed by atoms with Gasteiger partial charge in [0.1, 0.15) is 5.75 Å². The Morgan fingerprint density at radius 1 is 1.06 bits per heavy atom. The van der Waals surface area contributed by atoms with E-state index < -0.39 is 0 Å². The van der Waals surface area contributed by atoms with Gasteiger partial charge < -0.3 is 4.74 Å². The van der Waals surface area contributed by atoms with Gasteiger partial charge in [-0.15, -0.1) is 0 Å². The van der Waals surface area contributed by atoms with Crippen LogP contribution in [0.3, 0.4) is 0 Å². The van der Waals surface area contributed by atoms with E-state index in [4.69, 9.17) is 11.3 Å². The number of nitrogens with zero attached hydrogens (tertiary/aromatic N) is 1. The zero-order valence-electron chi connectivity index (χ0n) is 8.97. The molecule has 0 aromatic heterocycles. The molecule has 2 heteroatoms. The summed E-state index contributed by atoms with van der Waals surface area (Å²) in [5.41, 5.74) is 2.61. The molecule has 0 amide bonds. The highest BCUT2D eigenvalue weighted by atomic mass is 16.5. The molecule has 0 saturated heterocycles. The summed E-state index contributed by atoms with van der Waals surface area (Å²) in [4.78, 5) is 3.51. The summed E-state index contributed by atoms with van der Waals surface area (Å²) in [5, 5.41) is 0. The molecule has 2 aromatic rings. The van der Waals surface area contributed by atoms with E-state index in [9.17, 15) is 0 Å². The molecule has 0 aliphatic heterocycles. The van der Waals surface area contributed by atoms with Crippen LogP contribution in [0.25, 0.3) is 16.0 Å². The molecule has 78 valence electrons. The summed E-state index contributed by atoms with van der Waals surface area (Å²) in [6.07, 6.45) is 0. The van der Waals surface area contributed by atoms with Gasteiger partial charge >= 0.3 is 0 Å². The van der Waals surface area contributed by atoms with Crippen LogP contribution in [-0.4, -0.2) is 7.11 Å². The smallest absolute Gasteiger partial charge is 0.194 e. The lowest BCUT2D eigenvalue weighted by Gasteiger charge is -2.06. The Bertz CT molecular complexity index is 540. The van der Waals surface area contributed by atoms with Crippen molar-refractivity contribution in [1.82, 2.24) is 0 Å². The van der Waals surface area contributed by atoms with Crippen LogP contribution < -0.4 is 4.74 Å². The molecule has 0 spiro atoms. The normalized spacial score (nSPS) is 9.50. The van der Waals surface area contributed by atoms with Gasteiger partial charge in [-0.25, -0.2) is 4.85 Å². The highest BCUT2D eigenvalue weighted by Crippen LogP contribution is 2.31. The van der Waals surface area contributed by atoms with E-state index in [1.54, 1.807) is 7.11 Å². The Morgan fingerprint density at radius 2 is 1.88 bits per heavy atom. The molecule has 0 N–H and O–H groups in total. The van der Waals surface area contributed by atoms with Gasteiger partial charge in [0.15, 0.2) is 5.69 Å². The van der Waals surface area contributed by atoms with Crippen molar-refractivity contribution in [3.05, 3.63) is 59.9 Å². The van der Waals surface area contributed by atoms with E-state index in [2.05, 4.69) is 4.85 Å². The number of methoxy groups -OCH3 is 1. The van der Waals surface area contributed by atoms with Crippen LogP contribution in [0.2, 0.25) is 0 Å². The summed E-state index contributed by atoms with van der Waals surface area (Å²) in [6.45, 7) is 7.13. The summed E-state index contributed by atoms with van der Waals surface area (Å²) < 4.78 is 5.17. The molecule has 16 heavy (non-hydrogen) atoms. The van der Waals surface area contributed by atoms with Crippen molar-refractivity contribution >= 4 is 5.69 Å². The van der Waals surface area contributed by atoms with Crippen LogP contribution in [-0.2, 0) is 0 Å². The van der Waals surface area contributed by atoms with Crippen molar-refractivity contribution in [2.24, 2.45) is 0 Å². The second kappa shape index (κ2) is 4.50. The fourth-order valence-corrected chi connectivity index (χ4v) is 1.61. The number of hydrogen-bond acceptors (Lipinski definition) is 1. The Hall–Kier alpha value is -2.27. The van der Waals surface area contributed by atoms with Crippen LogP contribution in [0, 0.1) is 6.57 Å². The Balaban J connectivity index is 2.55. The average molecular weight is 209 g/mol. The summed E-state index contributed by atoms with van der Waals surface area (Å²) in [5.74, 6) is 0.803. The minimum atomic E-state index is 0.663. The van der Waals surface area contributed by atoms with Gasteiger partial charge in [0.2, 0.25) is 0 Å². The van der Waals surface area contributed by atoms with Gasteiger partial charge in [0, 0.05) is 0 Å². The van der Waals surface area contributed by atoms with E-state index in [-0.39, 0.29) is 0 Å². The fourth-order valence-electron chi connectivity index (χ4n) is 1.61. The zero-order valence-corrected chi connectivity index (χ0v) is 8.97. The molecule has 0 bridgehead atoms. The topological polar surface area (TPSA) is 13.6 Å². The maximum absolute atomic E-state index is 7.13. The molecule has 2 rings (SSSR count). The summed E-state index contributed by atoms with van der Waals surface area (Å²) >= 11 is 0. The largest absolute Gasteiger partial charge is 0.497 e. The lowest BCUT2D eigenvalue weighted by Crippen LogP contribution is -1.83. The van der Waals surface area contributed by atoms with Gasteiger partial charge in [0.25, 0.3) is 0 Å². The number of rotatable bonds is 2. The molecular weight excluding hydrogens is 198 g/mol. The van der Waals surface area contributed by atoms with Crippen molar-refractivity contribution < 1.29 is 4.74 Å². The van der Waals surface area contributed by atoms with Crippen LogP contribution in [0.5, 0.6) is 5.75 Å². The van der Waals surface area contributed by atoms with Crippen LogP contribution in [0.15, 0.2) is 48.5 Å². The molecule has 0 unspecified atom stereocenters. The van der Waals surface area contributed by atoms with Gasteiger partial charge in [-0.3, -0.25) is 0 Å². The predicted molar refractivity (Wildman–Crippen MR) is 64.7 cm³/mol. The van der Waals surface area contributed by atoms with E-state index in [0.717, 1.165) is 16.9 Å². The minimum absolute atomic E-state index is 0.663. The first-order chi connectivity index (χ1) is 7.85. The molecule has 0 heterocycles. The van der Waals surface area contributed by atoms with Crippen molar-refractivity contribution in [3.63, 3.8) is 0 Å². The molecule has 0 radical (unpaired) electrons. The van der Waals surface area contributed by atoms with Crippen molar-refractivity contribution in [2.75, 3.05) is 7.11 Å². The standard InChI is InChI=1S/C14H11NO/c1-15-14-9-4-3-8-13(14)11-6-5-7-12(10-11)16-2/h3-10H,2H3. The first-order valence-corrected chi connectivity index (χ1v) is 4.96. The van der Waals surface area contributed by atoms with Crippen molar-refractivity contribution in [1.29, 1.82) is 0 Å². The third kappa shape index (κ3) is 1.89. The minimum Gasteiger partial charge on any atom is -0.497 e. The van der Waals surface area contributed by atoms with Crippen molar-refractivity contribution in [3.8, 4) is 16.9 Å². The molecular formula is C14H11NO. The first kappa shape index (κ1) is 10.3. The Kier molecular flexibility index (Phi) is 2.88. The van der Waals surface area contributed by atoms with Crippen LogP contribution in [0.4, 0.5) is 5.69 Å². The molecule has 2 nitrogen and oxygen atoms in total. The van der Waals surface area contributed by atoms with E-state index in [1.807, 2.05) is 48.5 Å². The first-order valence-electron chi connectivity index (χ1n) is 4.96. The molecule has 0 atom stereocenters. The maximum atomic E-state index is 7.13. The Morgan fingerprint density at radius 3 is 2.62 bits per heavy atom. The summed E-state index contributed by atoms with van der Waals surface area (Å²) in [7, 11) is 1.64. The molecule has 0 fully saturated rings. The SMILES string of the molecule is [C-]#[N+]c1ccccc1-c1cccc(OC)c1. The fraction of sp³-hybridized carbons (Fsp3) is 0.0714.